The smallest absolute Gasteiger partial charge is 0.225 e. The van der Waals surface area contributed by atoms with Crippen LogP contribution in [0, 0.1) is 11.3 Å². The Morgan fingerprint density at radius 2 is 2.00 bits per heavy atom. The van der Waals surface area contributed by atoms with Crippen LogP contribution in [0.5, 0.6) is 0 Å². The largest absolute Gasteiger partial charge is 0.340 e. The maximum atomic E-state index is 11.9. The van der Waals surface area contributed by atoms with Crippen LogP contribution in [0.15, 0.2) is 42.5 Å². The third-order valence-corrected chi connectivity index (χ3v) is 3.13. The van der Waals surface area contributed by atoms with Crippen LogP contribution in [0.2, 0.25) is 0 Å². The molecular weight excluding hydrogens is 236 g/mol. The van der Waals surface area contributed by atoms with Gasteiger partial charge in [-0.1, -0.05) is 49.4 Å². The second-order valence-corrected chi connectivity index (χ2v) is 4.47. The average Bonchev–Trinajstić information content (AvgIpc) is 2.45. The Kier molecular flexibility index (Phi) is 4.15. The molecule has 0 aliphatic heterocycles. The highest BCUT2D eigenvalue weighted by Crippen LogP contribution is 2.18. The minimum absolute atomic E-state index is 0.107. The van der Waals surface area contributed by atoms with Crippen LogP contribution in [0.1, 0.15) is 18.9 Å². The molecule has 1 amide bonds. The first kappa shape index (κ1) is 13.1. The Morgan fingerprint density at radius 3 is 2.74 bits per heavy atom. The number of hydrogen-bond donors (Lipinski definition) is 1. The van der Waals surface area contributed by atoms with E-state index < -0.39 is 6.04 Å². The van der Waals surface area contributed by atoms with Gasteiger partial charge in [-0.2, -0.15) is 5.26 Å². The van der Waals surface area contributed by atoms with Crippen molar-refractivity contribution in [1.29, 1.82) is 5.26 Å². The van der Waals surface area contributed by atoms with Gasteiger partial charge in [0.1, 0.15) is 6.04 Å². The van der Waals surface area contributed by atoms with Gasteiger partial charge in [0.25, 0.3) is 0 Å². The van der Waals surface area contributed by atoms with Crippen molar-refractivity contribution >= 4 is 16.7 Å². The number of hydrogen-bond acceptors (Lipinski definition) is 2. The van der Waals surface area contributed by atoms with Gasteiger partial charge in [-0.25, -0.2) is 0 Å². The predicted molar refractivity (Wildman–Crippen MR) is 75.5 cm³/mol. The van der Waals surface area contributed by atoms with Gasteiger partial charge in [-0.3, -0.25) is 4.79 Å². The molecule has 3 nitrogen and oxygen atoms in total. The van der Waals surface area contributed by atoms with E-state index in [9.17, 15) is 4.79 Å². The number of rotatable bonds is 4. The molecule has 0 aliphatic carbocycles. The maximum Gasteiger partial charge on any atom is 0.225 e. The van der Waals surface area contributed by atoms with E-state index >= 15 is 0 Å². The van der Waals surface area contributed by atoms with Crippen molar-refractivity contribution in [3.8, 4) is 6.07 Å². The highest BCUT2D eigenvalue weighted by Gasteiger charge is 2.11. The Bertz CT molecular complexity index is 623. The molecule has 0 spiro atoms. The SMILES string of the molecule is CCC(C#N)NC(=O)Cc1cccc2ccccc12. The lowest BCUT2D eigenvalue weighted by atomic mass is 10.0. The summed E-state index contributed by atoms with van der Waals surface area (Å²) in [4.78, 5) is 11.9. The number of benzene rings is 2. The van der Waals surface area contributed by atoms with Gasteiger partial charge in [0.2, 0.25) is 5.91 Å². The number of nitriles is 1. The van der Waals surface area contributed by atoms with Crippen LogP contribution in [-0.4, -0.2) is 11.9 Å². The fraction of sp³-hybridized carbons (Fsp3) is 0.250. The number of carbonyl (C=O) groups excluding carboxylic acids is 1. The van der Waals surface area contributed by atoms with Gasteiger partial charge in [0.15, 0.2) is 0 Å². The molecule has 0 saturated heterocycles. The highest BCUT2D eigenvalue weighted by molar-refractivity contribution is 5.90. The van der Waals surface area contributed by atoms with Crippen molar-refractivity contribution in [3.05, 3.63) is 48.0 Å². The van der Waals surface area contributed by atoms with Crippen LogP contribution in [0.3, 0.4) is 0 Å². The number of nitrogens with one attached hydrogen (secondary N) is 1. The molecule has 96 valence electrons. The number of nitrogens with zero attached hydrogens (tertiary/aromatic N) is 1. The van der Waals surface area contributed by atoms with Crippen molar-refractivity contribution in [2.45, 2.75) is 25.8 Å². The monoisotopic (exact) mass is 252 g/mol. The van der Waals surface area contributed by atoms with Gasteiger partial charge < -0.3 is 5.32 Å². The van der Waals surface area contributed by atoms with Gasteiger partial charge in [0, 0.05) is 0 Å². The maximum absolute atomic E-state index is 11.9. The van der Waals surface area contributed by atoms with E-state index in [1.165, 1.54) is 0 Å². The summed E-state index contributed by atoms with van der Waals surface area (Å²) in [6, 6.07) is 15.6. The lowest BCUT2D eigenvalue weighted by molar-refractivity contribution is -0.120. The van der Waals surface area contributed by atoms with E-state index in [-0.39, 0.29) is 5.91 Å². The molecule has 1 atom stereocenters. The second-order valence-electron chi connectivity index (χ2n) is 4.47. The summed E-state index contributed by atoms with van der Waals surface area (Å²) in [6.45, 7) is 1.88. The number of carbonyl (C=O) groups is 1. The minimum atomic E-state index is -0.400. The van der Waals surface area contributed by atoms with Gasteiger partial charge in [0.05, 0.1) is 12.5 Å². The fourth-order valence-corrected chi connectivity index (χ4v) is 2.09. The third-order valence-electron chi connectivity index (χ3n) is 3.13. The van der Waals surface area contributed by atoms with Crippen molar-refractivity contribution in [2.24, 2.45) is 0 Å². The first-order valence-electron chi connectivity index (χ1n) is 6.40. The van der Waals surface area contributed by atoms with E-state index in [1.54, 1.807) is 0 Å². The molecule has 2 rings (SSSR count). The summed E-state index contributed by atoms with van der Waals surface area (Å²) < 4.78 is 0. The van der Waals surface area contributed by atoms with Crippen molar-refractivity contribution in [2.75, 3.05) is 0 Å². The summed E-state index contributed by atoms with van der Waals surface area (Å²) in [7, 11) is 0. The van der Waals surface area contributed by atoms with Crippen LogP contribution in [-0.2, 0) is 11.2 Å². The number of fused-ring (bicyclic) bond motifs is 1. The Balaban J connectivity index is 2.18. The van der Waals surface area contributed by atoms with Crippen molar-refractivity contribution < 1.29 is 4.79 Å². The summed E-state index contributed by atoms with van der Waals surface area (Å²) in [5.41, 5.74) is 0.989. The molecule has 0 aliphatic rings. The quantitative estimate of drug-likeness (QED) is 0.909. The van der Waals surface area contributed by atoms with Gasteiger partial charge >= 0.3 is 0 Å². The molecule has 0 bridgehead atoms. The molecule has 0 fully saturated rings. The standard InChI is InChI=1S/C16H16N2O/c1-2-14(11-17)18-16(19)10-13-8-5-7-12-6-3-4-9-15(12)13/h3-9,14H,2,10H2,1H3,(H,18,19). The molecule has 2 aromatic carbocycles. The second kappa shape index (κ2) is 6.01. The van der Waals surface area contributed by atoms with Crippen LogP contribution >= 0.6 is 0 Å². The lowest BCUT2D eigenvalue weighted by Crippen LogP contribution is -2.34. The lowest BCUT2D eigenvalue weighted by Gasteiger charge is -2.10. The molecular formula is C16H16N2O. The average molecular weight is 252 g/mol. The fourth-order valence-electron chi connectivity index (χ4n) is 2.09. The predicted octanol–water partition coefficient (Wildman–Crippen LogP) is 2.80. The highest BCUT2D eigenvalue weighted by atomic mass is 16.1. The van der Waals surface area contributed by atoms with E-state index in [0.29, 0.717) is 12.8 Å². The van der Waals surface area contributed by atoms with E-state index in [4.69, 9.17) is 5.26 Å². The molecule has 1 N–H and O–H groups in total. The zero-order valence-corrected chi connectivity index (χ0v) is 10.9. The minimum Gasteiger partial charge on any atom is -0.340 e. The molecule has 3 heteroatoms. The van der Waals surface area contributed by atoms with E-state index in [2.05, 4.69) is 11.4 Å². The molecule has 19 heavy (non-hydrogen) atoms. The van der Waals surface area contributed by atoms with Crippen molar-refractivity contribution in [3.63, 3.8) is 0 Å². The summed E-state index contributed by atoms with van der Waals surface area (Å²) in [5.74, 6) is -0.107. The molecule has 0 aromatic heterocycles. The Morgan fingerprint density at radius 1 is 1.26 bits per heavy atom. The first-order chi connectivity index (χ1) is 9.24. The molecule has 0 radical (unpaired) electrons. The van der Waals surface area contributed by atoms with Crippen LogP contribution < -0.4 is 5.32 Å². The Hall–Kier alpha value is -2.34. The first-order valence-corrected chi connectivity index (χ1v) is 6.40. The summed E-state index contributed by atoms with van der Waals surface area (Å²) in [5, 5.41) is 13.8. The molecule has 2 aromatic rings. The molecule has 0 saturated carbocycles. The Labute approximate surface area is 112 Å². The zero-order chi connectivity index (χ0) is 13.7. The molecule has 0 heterocycles. The molecule has 1 unspecified atom stereocenters. The zero-order valence-electron chi connectivity index (χ0n) is 10.9. The third kappa shape index (κ3) is 3.11. The van der Waals surface area contributed by atoms with E-state index in [0.717, 1.165) is 16.3 Å². The summed E-state index contributed by atoms with van der Waals surface area (Å²) in [6.07, 6.45) is 0.928. The number of amides is 1. The van der Waals surface area contributed by atoms with Crippen molar-refractivity contribution in [1.82, 2.24) is 5.32 Å². The normalized spacial score (nSPS) is 11.8. The summed E-state index contributed by atoms with van der Waals surface area (Å²) >= 11 is 0. The van der Waals surface area contributed by atoms with Crippen LogP contribution in [0.25, 0.3) is 10.8 Å². The topological polar surface area (TPSA) is 52.9 Å². The van der Waals surface area contributed by atoms with E-state index in [1.807, 2.05) is 49.4 Å². The van der Waals surface area contributed by atoms with Gasteiger partial charge in [-0.15, -0.1) is 0 Å². The van der Waals surface area contributed by atoms with Gasteiger partial charge in [-0.05, 0) is 22.8 Å². The van der Waals surface area contributed by atoms with Crippen LogP contribution in [0.4, 0.5) is 0 Å².